The summed E-state index contributed by atoms with van der Waals surface area (Å²) in [6.45, 7) is 0. The van der Waals surface area contributed by atoms with Crippen molar-refractivity contribution in [1.29, 1.82) is 0 Å². The Bertz CT molecular complexity index is 3140. The third-order valence-corrected chi connectivity index (χ3v) is 11.2. The average Bonchev–Trinajstić information content (AvgIpc) is 3.22. The summed E-state index contributed by atoms with van der Waals surface area (Å²) in [5.74, 6) is 0. The lowest BCUT2D eigenvalue weighted by molar-refractivity contribution is 1.64. The summed E-state index contributed by atoms with van der Waals surface area (Å²) in [5, 5.41) is 15.5. The van der Waals surface area contributed by atoms with E-state index in [4.69, 9.17) is 0 Å². The Morgan fingerprint density at radius 3 is 1.40 bits per heavy atom. The highest BCUT2D eigenvalue weighted by atomic mass is 14.2. The molecule has 11 rings (SSSR count). The van der Waals surface area contributed by atoms with Gasteiger partial charge >= 0.3 is 0 Å². The van der Waals surface area contributed by atoms with Crippen LogP contribution in [0, 0.1) is 0 Å². The second kappa shape index (κ2) is 11.4. The topological polar surface area (TPSA) is 0 Å². The first-order valence-corrected chi connectivity index (χ1v) is 18.1. The predicted octanol–water partition coefficient (Wildman–Crippen LogP) is 14.7. The van der Waals surface area contributed by atoms with Crippen LogP contribution in [0.2, 0.25) is 0 Å². The van der Waals surface area contributed by atoms with Gasteiger partial charge in [0.15, 0.2) is 0 Å². The van der Waals surface area contributed by atoms with E-state index in [1.807, 2.05) is 0 Å². The Labute approximate surface area is 302 Å². The molecule has 11 aromatic rings. The lowest BCUT2D eigenvalue weighted by Crippen LogP contribution is -1.91. The van der Waals surface area contributed by atoms with Crippen LogP contribution in [0.1, 0.15) is 0 Å². The van der Waals surface area contributed by atoms with Gasteiger partial charge in [-0.25, -0.2) is 0 Å². The fourth-order valence-electron chi connectivity index (χ4n) is 8.77. The molecule has 0 heterocycles. The molecule has 240 valence electrons. The van der Waals surface area contributed by atoms with Gasteiger partial charge in [0.2, 0.25) is 0 Å². The van der Waals surface area contributed by atoms with E-state index >= 15 is 0 Å². The molecule has 11 aromatic carbocycles. The van der Waals surface area contributed by atoms with E-state index in [-0.39, 0.29) is 0 Å². The van der Waals surface area contributed by atoms with E-state index in [2.05, 4.69) is 194 Å². The van der Waals surface area contributed by atoms with Crippen molar-refractivity contribution in [3.63, 3.8) is 0 Å². The summed E-state index contributed by atoms with van der Waals surface area (Å²) < 4.78 is 0. The summed E-state index contributed by atoms with van der Waals surface area (Å²) in [6, 6.07) is 71.9. The van der Waals surface area contributed by atoms with E-state index in [1.165, 1.54) is 109 Å². The molecule has 0 spiro atoms. The molecule has 0 radical (unpaired) electrons. The van der Waals surface area contributed by atoms with Gasteiger partial charge in [-0.1, -0.05) is 176 Å². The quantitative estimate of drug-likeness (QED) is 0.131. The lowest BCUT2D eigenvalue weighted by Gasteiger charge is -2.19. The van der Waals surface area contributed by atoms with Gasteiger partial charge < -0.3 is 0 Å². The third kappa shape index (κ3) is 4.41. The molecule has 0 nitrogen and oxygen atoms in total. The van der Waals surface area contributed by atoms with Crippen molar-refractivity contribution in [2.24, 2.45) is 0 Å². The largest absolute Gasteiger partial charge is 0.0622 e. The molecule has 0 bridgehead atoms. The van der Waals surface area contributed by atoms with Crippen molar-refractivity contribution in [1.82, 2.24) is 0 Å². The second-order valence-electron chi connectivity index (χ2n) is 14.0. The molecule has 0 saturated heterocycles. The van der Waals surface area contributed by atoms with Crippen molar-refractivity contribution in [2.75, 3.05) is 0 Å². The van der Waals surface area contributed by atoms with Gasteiger partial charge in [-0.15, -0.1) is 0 Å². The molecule has 0 heteroatoms. The molecule has 0 aliphatic heterocycles. The second-order valence-corrected chi connectivity index (χ2v) is 14.0. The fourth-order valence-corrected chi connectivity index (χ4v) is 8.77. The number of fused-ring (bicyclic) bond motifs is 3. The minimum absolute atomic E-state index is 1.22. The zero-order valence-electron chi connectivity index (χ0n) is 28.5. The lowest BCUT2D eigenvalue weighted by atomic mass is 9.85. The molecule has 0 saturated carbocycles. The van der Waals surface area contributed by atoms with E-state index in [9.17, 15) is 0 Å². The van der Waals surface area contributed by atoms with Crippen LogP contribution in [0.25, 0.3) is 109 Å². The normalized spacial score (nSPS) is 11.8. The molecule has 0 amide bonds. The minimum atomic E-state index is 1.22. The summed E-state index contributed by atoms with van der Waals surface area (Å²) in [5.41, 5.74) is 9.99. The number of hydrogen-bond donors (Lipinski definition) is 0. The Balaban J connectivity index is 1.11. The Kier molecular flexibility index (Phi) is 6.35. The highest BCUT2D eigenvalue weighted by Crippen LogP contribution is 2.45. The maximum absolute atomic E-state index is 2.42. The van der Waals surface area contributed by atoms with E-state index in [0.29, 0.717) is 0 Å². The van der Waals surface area contributed by atoms with Gasteiger partial charge in [0.25, 0.3) is 0 Å². The standard InChI is InChI=1S/C52H32/c1-3-10-34(11-4-1)50-44-16-7-8-17-45(44)51(35-12-5-2-6-13-35)48-32-40(26-29-47(48)50)39-22-18-33-19-23-41(31-42(33)30-39)43-27-24-38-21-20-36-14-9-15-37-25-28-46(43)52(38)49(36)37/h1-32H. The minimum Gasteiger partial charge on any atom is -0.0622 e. The van der Waals surface area contributed by atoms with E-state index < -0.39 is 0 Å². The maximum atomic E-state index is 2.42. The van der Waals surface area contributed by atoms with Crippen LogP contribution < -0.4 is 0 Å². The van der Waals surface area contributed by atoms with Crippen LogP contribution in [-0.4, -0.2) is 0 Å². The summed E-state index contributed by atoms with van der Waals surface area (Å²) in [4.78, 5) is 0. The van der Waals surface area contributed by atoms with Gasteiger partial charge in [-0.3, -0.25) is 0 Å². The first kappa shape index (κ1) is 29.0. The molecular weight excluding hydrogens is 625 g/mol. The van der Waals surface area contributed by atoms with Gasteiger partial charge in [0, 0.05) is 0 Å². The molecule has 0 aromatic heterocycles. The van der Waals surface area contributed by atoms with Crippen LogP contribution in [0.15, 0.2) is 194 Å². The van der Waals surface area contributed by atoms with Gasteiger partial charge in [0.05, 0.1) is 0 Å². The summed E-state index contributed by atoms with van der Waals surface area (Å²) in [7, 11) is 0. The molecular formula is C52H32. The van der Waals surface area contributed by atoms with Crippen molar-refractivity contribution in [3.05, 3.63) is 194 Å². The van der Waals surface area contributed by atoms with Crippen LogP contribution in [-0.2, 0) is 0 Å². The highest BCUT2D eigenvalue weighted by molar-refractivity contribution is 6.26. The Hall–Kier alpha value is -6.76. The average molecular weight is 657 g/mol. The molecule has 0 atom stereocenters. The molecule has 0 fully saturated rings. The van der Waals surface area contributed by atoms with Crippen molar-refractivity contribution in [2.45, 2.75) is 0 Å². The van der Waals surface area contributed by atoms with E-state index in [1.54, 1.807) is 0 Å². The predicted molar refractivity (Wildman–Crippen MR) is 224 cm³/mol. The molecule has 0 N–H and O–H groups in total. The monoisotopic (exact) mass is 656 g/mol. The van der Waals surface area contributed by atoms with Gasteiger partial charge in [0.1, 0.15) is 0 Å². The zero-order valence-corrected chi connectivity index (χ0v) is 28.5. The molecule has 0 aliphatic carbocycles. The summed E-state index contributed by atoms with van der Waals surface area (Å²) >= 11 is 0. The molecule has 52 heavy (non-hydrogen) atoms. The zero-order chi connectivity index (χ0) is 34.2. The highest BCUT2D eigenvalue weighted by Gasteiger charge is 2.18. The summed E-state index contributed by atoms with van der Waals surface area (Å²) in [6.07, 6.45) is 0. The molecule has 0 unspecified atom stereocenters. The maximum Gasteiger partial charge on any atom is -0.00206 e. The molecule has 0 aliphatic rings. The first-order valence-electron chi connectivity index (χ1n) is 18.1. The number of hydrogen-bond acceptors (Lipinski definition) is 0. The fraction of sp³-hybridized carbons (Fsp3) is 0. The first-order chi connectivity index (χ1) is 25.8. The van der Waals surface area contributed by atoms with Crippen molar-refractivity contribution >= 4 is 64.6 Å². The van der Waals surface area contributed by atoms with Crippen LogP contribution in [0.4, 0.5) is 0 Å². The Morgan fingerprint density at radius 2 is 0.692 bits per heavy atom. The van der Waals surface area contributed by atoms with E-state index in [0.717, 1.165) is 0 Å². The SMILES string of the molecule is c1ccc(-c2c3ccccc3c(-c3ccccc3)c3cc(-c4ccc5ccc(-c6ccc7ccc8cccc9ccc6c7c89)cc5c4)ccc23)cc1. The number of rotatable bonds is 4. The smallest absolute Gasteiger partial charge is 0.00206 e. The van der Waals surface area contributed by atoms with Crippen LogP contribution in [0.3, 0.4) is 0 Å². The van der Waals surface area contributed by atoms with Crippen LogP contribution >= 0.6 is 0 Å². The number of benzene rings is 11. The Morgan fingerprint density at radius 1 is 0.212 bits per heavy atom. The van der Waals surface area contributed by atoms with Crippen molar-refractivity contribution < 1.29 is 0 Å². The van der Waals surface area contributed by atoms with Gasteiger partial charge in [-0.05, 0) is 127 Å². The van der Waals surface area contributed by atoms with Gasteiger partial charge in [-0.2, -0.15) is 0 Å². The third-order valence-electron chi connectivity index (χ3n) is 11.2. The van der Waals surface area contributed by atoms with Crippen LogP contribution in [0.5, 0.6) is 0 Å². The van der Waals surface area contributed by atoms with Crippen molar-refractivity contribution in [3.8, 4) is 44.5 Å².